The quantitative estimate of drug-likeness (QED) is 0.533. The number of ether oxygens (including phenoxy) is 1. The molecule has 1 saturated heterocycles. The standard InChI is InChI=1S/C9H19NO5/c1-5(2)10(14-3)9-8(13)6(11)4-7(12)15-9/h5-9,11-13H,4H2,1-3H3/t6-,7?,8?,9?/m0/s1. The van der Waals surface area contributed by atoms with Gasteiger partial charge in [-0.25, -0.2) is 0 Å². The molecule has 0 radical (unpaired) electrons. The molecule has 1 aliphatic heterocycles. The molecule has 4 atom stereocenters. The van der Waals surface area contributed by atoms with Gasteiger partial charge in [-0.15, -0.1) is 0 Å². The van der Waals surface area contributed by atoms with Gasteiger partial charge in [-0.2, -0.15) is 5.06 Å². The molecule has 6 nitrogen and oxygen atoms in total. The van der Waals surface area contributed by atoms with Gasteiger partial charge in [0.05, 0.1) is 13.2 Å². The molecule has 0 amide bonds. The van der Waals surface area contributed by atoms with E-state index in [1.165, 1.54) is 12.2 Å². The number of hydrogen-bond acceptors (Lipinski definition) is 6. The molecule has 3 unspecified atom stereocenters. The van der Waals surface area contributed by atoms with Crippen molar-refractivity contribution >= 4 is 0 Å². The Morgan fingerprint density at radius 1 is 1.33 bits per heavy atom. The van der Waals surface area contributed by atoms with Crippen LogP contribution in [0.15, 0.2) is 0 Å². The summed E-state index contributed by atoms with van der Waals surface area (Å²) in [6, 6.07) is -0.0350. The van der Waals surface area contributed by atoms with Crippen LogP contribution in [0.1, 0.15) is 20.3 Å². The van der Waals surface area contributed by atoms with Gasteiger partial charge in [0, 0.05) is 12.5 Å². The molecular weight excluding hydrogens is 202 g/mol. The first-order valence-electron chi connectivity index (χ1n) is 4.99. The molecule has 3 N–H and O–H groups in total. The maximum absolute atomic E-state index is 9.70. The van der Waals surface area contributed by atoms with E-state index in [2.05, 4.69) is 0 Å². The smallest absolute Gasteiger partial charge is 0.164 e. The molecule has 1 fully saturated rings. The van der Waals surface area contributed by atoms with E-state index >= 15 is 0 Å². The van der Waals surface area contributed by atoms with Gasteiger partial charge in [-0.3, -0.25) is 4.84 Å². The van der Waals surface area contributed by atoms with Crippen LogP contribution in [0.2, 0.25) is 0 Å². The van der Waals surface area contributed by atoms with Gasteiger partial charge in [-0.05, 0) is 13.8 Å². The minimum Gasteiger partial charge on any atom is -0.390 e. The SMILES string of the molecule is CON(C(C)C)C1OC(O)C[C@H](O)C1O. The zero-order chi connectivity index (χ0) is 11.6. The summed E-state index contributed by atoms with van der Waals surface area (Å²) in [5.74, 6) is 0. The summed E-state index contributed by atoms with van der Waals surface area (Å²) >= 11 is 0. The third-order valence-corrected chi connectivity index (χ3v) is 2.40. The first kappa shape index (κ1) is 12.8. The highest BCUT2D eigenvalue weighted by molar-refractivity contribution is 4.81. The van der Waals surface area contributed by atoms with Crippen LogP contribution in [-0.2, 0) is 9.57 Å². The van der Waals surface area contributed by atoms with E-state index in [-0.39, 0.29) is 12.5 Å². The van der Waals surface area contributed by atoms with E-state index in [0.29, 0.717) is 0 Å². The van der Waals surface area contributed by atoms with E-state index in [9.17, 15) is 15.3 Å². The average molecular weight is 221 g/mol. The molecule has 0 aliphatic carbocycles. The Kier molecular flexibility index (Phi) is 4.45. The molecule has 0 bridgehead atoms. The molecule has 0 aromatic rings. The Morgan fingerprint density at radius 2 is 1.93 bits per heavy atom. The minimum atomic E-state index is -1.09. The lowest BCUT2D eigenvalue weighted by atomic mass is 10.1. The predicted octanol–water partition coefficient (Wildman–Crippen LogP) is -0.955. The van der Waals surface area contributed by atoms with E-state index in [0.717, 1.165) is 0 Å². The zero-order valence-corrected chi connectivity index (χ0v) is 9.20. The van der Waals surface area contributed by atoms with Crippen LogP contribution in [0.4, 0.5) is 0 Å². The highest BCUT2D eigenvalue weighted by Gasteiger charge is 2.40. The fourth-order valence-corrected chi connectivity index (χ4v) is 1.65. The van der Waals surface area contributed by atoms with Crippen molar-refractivity contribution in [3.8, 4) is 0 Å². The van der Waals surface area contributed by atoms with Crippen molar-refractivity contribution in [3.63, 3.8) is 0 Å². The number of aliphatic hydroxyl groups excluding tert-OH is 3. The maximum atomic E-state index is 9.70. The summed E-state index contributed by atoms with van der Waals surface area (Å²) in [6.07, 6.45) is -4.02. The summed E-state index contributed by atoms with van der Waals surface area (Å²) in [6.45, 7) is 3.71. The van der Waals surface area contributed by atoms with Crippen LogP contribution in [-0.4, -0.2) is 58.3 Å². The molecule has 1 aliphatic rings. The van der Waals surface area contributed by atoms with Crippen molar-refractivity contribution in [2.75, 3.05) is 7.11 Å². The Balaban J connectivity index is 2.72. The highest BCUT2D eigenvalue weighted by Crippen LogP contribution is 2.23. The van der Waals surface area contributed by atoms with E-state index in [1.54, 1.807) is 0 Å². The summed E-state index contributed by atoms with van der Waals surface area (Å²) in [4.78, 5) is 5.04. The molecule has 90 valence electrons. The third-order valence-electron chi connectivity index (χ3n) is 2.40. The topological polar surface area (TPSA) is 82.4 Å². The summed E-state index contributed by atoms with van der Waals surface area (Å²) in [5.41, 5.74) is 0. The molecule has 1 rings (SSSR count). The molecule has 0 spiro atoms. The summed E-state index contributed by atoms with van der Waals surface area (Å²) in [5, 5.41) is 29.9. The van der Waals surface area contributed by atoms with Crippen molar-refractivity contribution in [2.24, 2.45) is 0 Å². The number of aliphatic hydroxyl groups is 3. The lowest BCUT2D eigenvalue weighted by Crippen LogP contribution is -2.57. The van der Waals surface area contributed by atoms with Crippen LogP contribution < -0.4 is 0 Å². The number of hydrogen-bond donors (Lipinski definition) is 3. The molecule has 0 aromatic carbocycles. The van der Waals surface area contributed by atoms with E-state index < -0.39 is 24.7 Å². The fraction of sp³-hybridized carbons (Fsp3) is 1.00. The Bertz CT molecular complexity index is 201. The molecular formula is C9H19NO5. The van der Waals surface area contributed by atoms with Crippen molar-refractivity contribution < 1.29 is 24.9 Å². The van der Waals surface area contributed by atoms with Gasteiger partial charge in [-0.1, -0.05) is 0 Å². The minimum absolute atomic E-state index is 0.00726. The molecule has 0 aromatic heterocycles. The average Bonchev–Trinajstić information content (AvgIpc) is 2.13. The molecule has 15 heavy (non-hydrogen) atoms. The lowest BCUT2D eigenvalue weighted by molar-refractivity contribution is -0.342. The molecule has 0 saturated carbocycles. The van der Waals surface area contributed by atoms with Crippen molar-refractivity contribution in [3.05, 3.63) is 0 Å². The first-order chi connectivity index (χ1) is 6.97. The predicted molar refractivity (Wildman–Crippen MR) is 51.5 cm³/mol. The van der Waals surface area contributed by atoms with E-state index in [1.807, 2.05) is 13.8 Å². The zero-order valence-electron chi connectivity index (χ0n) is 9.20. The van der Waals surface area contributed by atoms with Crippen LogP contribution >= 0.6 is 0 Å². The first-order valence-corrected chi connectivity index (χ1v) is 4.99. The van der Waals surface area contributed by atoms with Crippen LogP contribution in [0.5, 0.6) is 0 Å². The van der Waals surface area contributed by atoms with Gasteiger partial charge >= 0.3 is 0 Å². The van der Waals surface area contributed by atoms with Gasteiger partial charge < -0.3 is 20.1 Å². The lowest BCUT2D eigenvalue weighted by Gasteiger charge is -2.41. The second-order valence-corrected chi connectivity index (χ2v) is 3.91. The molecule has 1 heterocycles. The second kappa shape index (κ2) is 5.20. The highest BCUT2D eigenvalue weighted by atomic mass is 16.7. The van der Waals surface area contributed by atoms with Crippen LogP contribution in [0, 0.1) is 0 Å². The van der Waals surface area contributed by atoms with Gasteiger partial charge in [0.25, 0.3) is 0 Å². The molecule has 6 heteroatoms. The van der Waals surface area contributed by atoms with Crippen LogP contribution in [0.3, 0.4) is 0 Å². The van der Waals surface area contributed by atoms with Crippen molar-refractivity contribution in [1.29, 1.82) is 0 Å². The van der Waals surface area contributed by atoms with E-state index in [4.69, 9.17) is 9.57 Å². The Morgan fingerprint density at radius 3 is 2.40 bits per heavy atom. The van der Waals surface area contributed by atoms with Crippen molar-refractivity contribution in [1.82, 2.24) is 5.06 Å². The Labute approximate surface area is 89.0 Å². The summed E-state index contributed by atoms with van der Waals surface area (Å²) < 4.78 is 5.13. The third kappa shape index (κ3) is 2.87. The fourth-order valence-electron chi connectivity index (χ4n) is 1.65. The van der Waals surface area contributed by atoms with Gasteiger partial charge in [0.15, 0.2) is 12.5 Å². The number of hydroxylamine groups is 2. The number of rotatable bonds is 3. The Hall–Kier alpha value is -0.240. The van der Waals surface area contributed by atoms with Crippen molar-refractivity contribution in [2.45, 2.75) is 51.0 Å². The normalized spacial score (nSPS) is 37.6. The maximum Gasteiger partial charge on any atom is 0.164 e. The number of nitrogens with zero attached hydrogens (tertiary/aromatic N) is 1. The second-order valence-electron chi connectivity index (χ2n) is 3.91. The van der Waals surface area contributed by atoms with Gasteiger partial charge in [0.1, 0.15) is 6.10 Å². The van der Waals surface area contributed by atoms with Gasteiger partial charge in [0.2, 0.25) is 0 Å². The largest absolute Gasteiger partial charge is 0.390 e. The van der Waals surface area contributed by atoms with Crippen LogP contribution in [0.25, 0.3) is 0 Å². The summed E-state index contributed by atoms with van der Waals surface area (Å²) in [7, 11) is 1.45. The monoisotopic (exact) mass is 221 g/mol.